The molecule has 1 aliphatic heterocycles. The maximum Gasteiger partial charge on any atom is 0.109 e. The Kier molecular flexibility index (Phi) is 5.16. The highest BCUT2D eigenvalue weighted by atomic mass is 32.2. The number of hydrogen-bond acceptors (Lipinski definition) is 3. The fourth-order valence-corrected chi connectivity index (χ4v) is 3.62. The van der Waals surface area contributed by atoms with Crippen LogP contribution in [0.3, 0.4) is 0 Å². The van der Waals surface area contributed by atoms with Gasteiger partial charge in [-0.15, -0.1) is 0 Å². The van der Waals surface area contributed by atoms with Crippen molar-refractivity contribution in [2.45, 2.75) is 43.6 Å². The van der Waals surface area contributed by atoms with Gasteiger partial charge in [-0.2, -0.15) is 0 Å². The molecule has 0 saturated heterocycles. The standard InChI is InChI=1S/C15H20O3S/c1-12-11-15(14(18-12)9-5-6-10-16)19(17)13-7-3-2-4-8-13/h2-4,7-8,12,16H,5-6,9-11H2,1H3. The number of ether oxygens (including phenoxy) is 1. The number of aliphatic hydroxyl groups is 1. The van der Waals surface area contributed by atoms with Gasteiger partial charge < -0.3 is 9.84 Å². The number of rotatable bonds is 6. The third kappa shape index (κ3) is 3.67. The number of unbranched alkanes of at least 4 members (excludes halogenated alkanes) is 1. The average molecular weight is 280 g/mol. The minimum absolute atomic E-state index is 0.104. The van der Waals surface area contributed by atoms with E-state index < -0.39 is 10.8 Å². The molecule has 0 spiro atoms. The van der Waals surface area contributed by atoms with Gasteiger partial charge in [-0.25, -0.2) is 4.21 Å². The summed E-state index contributed by atoms with van der Waals surface area (Å²) < 4.78 is 18.3. The van der Waals surface area contributed by atoms with Gasteiger partial charge >= 0.3 is 0 Å². The lowest BCUT2D eigenvalue weighted by Gasteiger charge is -2.07. The van der Waals surface area contributed by atoms with E-state index in [1.54, 1.807) is 0 Å². The molecule has 1 heterocycles. The van der Waals surface area contributed by atoms with Crippen molar-refractivity contribution >= 4 is 10.8 Å². The Morgan fingerprint density at radius 3 is 2.74 bits per heavy atom. The molecule has 0 bridgehead atoms. The Bertz CT molecular complexity index is 468. The second-order valence-corrected chi connectivity index (χ2v) is 6.24. The first-order valence-electron chi connectivity index (χ1n) is 6.68. The maximum absolute atomic E-state index is 12.6. The summed E-state index contributed by atoms with van der Waals surface area (Å²) in [5, 5.41) is 8.83. The Hall–Kier alpha value is -1.13. The summed E-state index contributed by atoms with van der Waals surface area (Å²) in [6.45, 7) is 2.20. The molecule has 0 aliphatic carbocycles. The summed E-state index contributed by atoms with van der Waals surface area (Å²) in [5.41, 5.74) is 0. The molecule has 2 rings (SSSR count). The van der Waals surface area contributed by atoms with Gasteiger partial charge in [-0.05, 0) is 31.9 Å². The third-order valence-corrected chi connectivity index (χ3v) is 4.66. The van der Waals surface area contributed by atoms with E-state index in [1.165, 1.54) is 0 Å². The third-order valence-electron chi connectivity index (χ3n) is 3.12. The van der Waals surface area contributed by atoms with Gasteiger partial charge in [0.2, 0.25) is 0 Å². The highest BCUT2D eigenvalue weighted by molar-refractivity contribution is 7.89. The molecule has 3 nitrogen and oxygen atoms in total. The average Bonchev–Trinajstić information content (AvgIpc) is 2.80. The Balaban J connectivity index is 2.14. The van der Waals surface area contributed by atoms with Crippen LogP contribution in [0.25, 0.3) is 0 Å². The Morgan fingerprint density at radius 2 is 2.05 bits per heavy atom. The predicted octanol–water partition coefficient (Wildman–Crippen LogP) is 2.98. The smallest absolute Gasteiger partial charge is 0.109 e. The molecule has 19 heavy (non-hydrogen) atoms. The molecular formula is C15H20O3S. The molecule has 0 fully saturated rings. The van der Waals surface area contributed by atoms with E-state index in [0.717, 1.165) is 41.2 Å². The van der Waals surface area contributed by atoms with E-state index in [-0.39, 0.29) is 12.7 Å². The van der Waals surface area contributed by atoms with E-state index >= 15 is 0 Å². The molecule has 1 aromatic carbocycles. The van der Waals surface area contributed by atoms with Gasteiger partial charge in [-0.1, -0.05) is 18.2 Å². The van der Waals surface area contributed by atoms with Crippen LogP contribution in [0.4, 0.5) is 0 Å². The number of hydrogen-bond donors (Lipinski definition) is 1. The predicted molar refractivity (Wildman–Crippen MR) is 76.0 cm³/mol. The molecule has 0 amide bonds. The van der Waals surface area contributed by atoms with Crippen LogP contribution in [0.1, 0.15) is 32.6 Å². The van der Waals surface area contributed by atoms with Crippen molar-refractivity contribution in [2.24, 2.45) is 0 Å². The molecular weight excluding hydrogens is 260 g/mol. The molecule has 1 N–H and O–H groups in total. The van der Waals surface area contributed by atoms with E-state index in [0.29, 0.717) is 0 Å². The number of aliphatic hydroxyl groups excluding tert-OH is 1. The Morgan fingerprint density at radius 1 is 1.32 bits per heavy atom. The lowest BCUT2D eigenvalue weighted by atomic mass is 10.2. The van der Waals surface area contributed by atoms with Crippen LogP contribution in [0.2, 0.25) is 0 Å². The summed E-state index contributed by atoms with van der Waals surface area (Å²) in [6, 6.07) is 9.50. The van der Waals surface area contributed by atoms with Gasteiger partial charge in [0.1, 0.15) is 11.9 Å². The normalized spacial score (nSPS) is 20.4. The van der Waals surface area contributed by atoms with Gasteiger partial charge in [0.05, 0.1) is 15.7 Å². The SMILES string of the molecule is CC1CC(S(=O)c2ccccc2)=C(CCCCO)O1. The molecule has 2 unspecified atom stereocenters. The fraction of sp³-hybridized carbons (Fsp3) is 0.467. The second-order valence-electron chi connectivity index (χ2n) is 4.74. The summed E-state index contributed by atoms with van der Waals surface area (Å²) in [5.74, 6) is 0.864. The minimum atomic E-state index is -1.12. The second kappa shape index (κ2) is 6.87. The van der Waals surface area contributed by atoms with Crippen LogP contribution in [0, 0.1) is 0 Å². The summed E-state index contributed by atoms with van der Waals surface area (Å²) in [4.78, 5) is 1.74. The molecule has 0 saturated carbocycles. The zero-order valence-corrected chi connectivity index (χ0v) is 12.0. The zero-order chi connectivity index (χ0) is 13.7. The van der Waals surface area contributed by atoms with Crippen molar-refractivity contribution < 1.29 is 14.1 Å². The van der Waals surface area contributed by atoms with Crippen LogP contribution in [0.5, 0.6) is 0 Å². The van der Waals surface area contributed by atoms with E-state index in [4.69, 9.17) is 9.84 Å². The first-order chi connectivity index (χ1) is 9.22. The van der Waals surface area contributed by atoms with Crippen LogP contribution < -0.4 is 0 Å². The van der Waals surface area contributed by atoms with E-state index in [9.17, 15) is 4.21 Å². The van der Waals surface area contributed by atoms with Crippen molar-refractivity contribution in [3.63, 3.8) is 0 Å². The van der Waals surface area contributed by atoms with Gasteiger partial charge in [-0.3, -0.25) is 0 Å². The van der Waals surface area contributed by atoms with Crippen LogP contribution in [-0.2, 0) is 15.5 Å². The van der Waals surface area contributed by atoms with Crippen molar-refractivity contribution in [3.8, 4) is 0 Å². The number of allylic oxidation sites excluding steroid dienone is 1. The minimum Gasteiger partial charge on any atom is -0.494 e. The van der Waals surface area contributed by atoms with E-state index in [1.807, 2.05) is 37.3 Å². The summed E-state index contributed by atoms with van der Waals surface area (Å²) in [6.07, 6.45) is 3.22. The summed E-state index contributed by atoms with van der Waals surface area (Å²) in [7, 11) is -1.12. The van der Waals surface area contributed by atoms with Gasteiger partial charge in [0.25, 0.3) is 0 Å². The molecule has 2 atom stereocenters. The van der Waals surface area contributed by atoms with Gasteiger partial charge in [0, 0.05) is 24.3 Å². The molecule has 104 valence electrons. The lowest BCUT2D eigenvalue weighted by Crippen LogP contribution is -1.99. The van der Waals surface area contributed by atoms with Crippen LogP contribution in [-0.4, -0.2) is 22.0 Å². The van der Waals surface area contributed by atoms with E-state index in [2.05, 4.69) is 0 Å². The topological polar surface area (TPSA) is 46.5 Å². The Labute approximate surface area is 116 Å². The molecule has 0 radical (unpaired) electrons. The first kappa shape index (κ1) is 14.3. The van der Waals surface area contributed by atoms with Crippen molar-refractivity contribution in [3.05, 3.63) is 41.0 Å². The molecule has 1 aromatic rings. The molecule has 0 aromatic heterocycles. The van der Waals surface area contributed by atoms with Crippen LogP contribution in [0.15, 0.2) is 45.9 Å². The number of benzene rings is 1. The fourth-order valence-electron chi connectivity index (χ4n) is 2.19. The maximum atomic E-state index is 12.6. The van der Waals surface area contributed by atoms with Crippen molar-refractivity contribution in [2.75, 3.05) is 6.61 Å². The first-order valence-corrected chi connectivity index (χ1v) is 7.83. The highest BCUT2D eigenvalue weighted by Gasteiger charge is 2.26. The van der Waals surface area contributed by atoms with Gasteiger partial charge in [0.15, 0.2) is 0 Å². The van der Waals surface area contributed by atoms with Crippen LogP contribution >= 0.6 is 0 Å². The zero-order valence-electron chi connectivity index (χ0n) is 11.2. The molecule has 4 heteroatoms. The lowest BCUT2D eigenvalue weighted by molar-refractivity contribution is 0.150. The summed E-state index contributed by atoms with van der Waals surface area (Å²) >= 11 is 0. The molecule has 1 aliphatic rings. The van der Waals surface area contributed by atoms with Crippen molar-refractivity contribution in [1.82, 2.24) is 0 Å². The monoisotopic (exact) mass is 280 g/mol. The largest absolute Gasteiger partial charge is 0.494 e. The highest BCUT2D eigenvalue weighted by Crippen LogP contribution is 2.33. The van der Waals surface area contributed by atoms with Crippen molar-refractivity contribution in [1.29, 1.82) is 0 Å². The quantitative estimate of drug-likeness (QED) is 0.815.